The van der Waals surface area contributed by atoms with Gasteiger partial charge in [0.25, 0.3) is 0 Å². The van der Waals surface area contributed by atoms with E-state index in [4.69, 9.17) is 14.2 Å². The van der Waals surface area contributed by atoms with Gasteiger partial charge in [-0.3, -0.25) is 4.79 Å². The zero-order valence-corrected chi connectivity index (χ0v) is 14.2. The monoisotopic (exact) mass is 308 g/mol. The van der Waals surface area contributed by atoms with Crippen LogP contribution >= 0.6 is 0 Å². The Hall–Kier alpha value is -1.71. The van der Waals surface area contributed by atoms with Crippen LogP contribution in [-0.4, -0.2) is 26.8 Å². The smallest absolute Gasteiger partial charge is 0.306 e. The third-order valence-corrected chi connectivity index (χ3v) is 3.75. The summed E-state index contributed by atoms with van der Waals surface area (Å²) in [5.74, 6) is 1.49. The minimum absolute atomic E-state index is 0.115. The van der Waals surface area contributed by atoms with E-state index in [1.165, 1.54) is 7.11 Å². The van der Waals surface area contributed by atoms with Gasteiger partial charge in [-0.2, -0.15) is 0 Å². The fourth-order valence-corrected chi connectivity index (χ4v) is 2.58. The molecule has 4 nitrogen and oxygen atoms in total. The average molecular weight is 308 g/mol. The number of unbranched alkanes of at least 4 members (excludes halogenated alkanes) is 2. The van der Waals surface area contributed by atoms with Gasteiger partial charge in [0.1, 0.15) is 11.5 Å². The van der Waals surface area contributed by atoms with Gasteiger partial charge in [0.15, 0.2) is 0 Å². The van der Waals surface area contributed by atoms with Crippen LogP contribution in [0.4, 0.5) is 0 Å². The van der Waals surface area contributed by atoms with Gasteiger partial charge in [0.2, 0.25) is 0 Å². The topological polar surface area (TPSA) is 44.8 Å². The summed E-state index contributed by atoms with van der Waals surface area (Å²) in [7, 11) is 3.08. The molecule has 0 aliphatic carbocycles. The van der Waals surface area contributed by atoms with Crippen molar-refractivity contribution in [2.45, 2.75) is 51.9 Å². The fraction of sp³-hybridized carbons (Fsp3) is 0.611. The summed E-state index contributed by atoms with van der Waals surface area (Å²) in [4.78, 5) is 11.7. The largest absolute Gasteiger partial charge is 0.496 e. The Morgan fingerprint density at radius 3 is 2.55 bits per heavy atom. The zero-order valence-electron chi connectivity index (χ0n) is 14.2. The molecule has 1 aromatic carbocycles. The van der Waals surface area contributed by atoms with E-state index in [0.29, 0.717) is 13.0 Å². The summed E-state index contributed by atoms with van der Waals surface area (Å²) >= 11 is 0. The van der Waals surface area contributed by atoms with Crippen molar-refractivity contribution in [3.05, 3.63) is 23.8 Å². The lowest BCUT2D eigenvalue weighted by Crippen LogP contribution is -2.10. The molecule has 1 atom stereocenters. The lowest BCUT2D eigenvalue weighted by Gasteiger charge is -2.20. The van der Waals surface area contributed by atoms with Crippen molar-refractivity contribution in [2.75, 3.05) is 20.8 Å². The molecule has 124 valence electrons. The first-order valence-corrected chi connectivity index (χ1v) is 8.03. The van der Waals surface area contributed by atoms with Crippen LogP contribution in [0, 0.1) is 0 Å². The van der Waals surface area contributed by atoms with E-state index in [2.05, 4.69) is 6.92 Å². The van der Waals surface area contributed by atoms with Crippen molar-refractivity contribution in [1.82, 2.24) is 0 Å². The van der Waals surface area contributed by atoms with E-state index in [-0.39, 0.29) is 11.9 Å². The van der Waals surface area contributed by atoms with Crippen molar-refractivity contribution >= 4 is 5.97 Å². The van der Waals surface area contributed by atoms with Crippen LogP contribution in [-0.2, 0) is 9.53 Å². The summed E-state index contributed by atoms with van der Waals surface area (Å²) < 4.78 is 15.9. The summed E-state index contributed by atoms with van der Waals surface area (Å²) in [5, 5.41) is 0. The van der Waals surface area contributed by atoms with E-state index in [0.717, 1.165) is 42.7 Å². The van der Waals surface area contributed by atoms with Gasteiger partial charge >= 0.3 is 5.97 Å². The van der Waals surface area contributed by atoms with Crippen molar-refractivity contribution in [3.63, 3.8) is 0 Å². The summed E-state index contributed by atoms with van der Waals surface area (Å²) in [6.45, 7) is 4.74. The number of esters is 1. The Bertz CT molecular complexity index is 456. The van der Waals surface area contributed by atoms with Gasteiger partial charge < -0.3 is 14.2 Å². The molecule has 1 unspecified atom stereocenters. The maximum absolute atomic E-state index is 11.7. The predicted molar refractivity (Wildman–Crippen MR) is 87.7 cm³/mol. The molecular formula is C18H28O4. The first-order chi connectivity index (χ1) is 10.7. The molecule has 1 rings (SSSR count). The fourth-order valence-electron chi connectivity index (χ4n) is 2.58. The van der Waals surface area contributed by atoms with Crippen LogP contribution in [0.3, 0.4) is 0 Å². The molecule has 0 aliphatic heterocycles. The zero-order chi connectivity index (χ0) is 16.4. The van der Waals surface area contributed by atoms with Gasteiger partial charge in [0.05, 0.1) is 27.2 Å². The van der Waals surface area contributed by atoms with Crippen LogP contribution < -0.4 is 9.47 Å². The van der Waals surface area contributed by atoms with E-state index in [1.807, 2.05) is 25.1 Å². The van der Waals surface area contributed by atoms with Crippen LogP contribution in [0.2, 0.25) is 0 Å². The first kappa shape index (κ1) is 18.3. The number of rotatable bonds is 10. The molecule has 0 heterocycles. The van der Waals surface area contributed by atoms with Crippen LogP contribution in [0.25, 0.3) is 0 Å². The molecule has 22 heavy (non-hydrogen) atoms. The molecule has 4 heteroatoms. The number of benzene rings is 1. The Kier molecular flexibility index (Phi) is 8.41. The van der Waals surface area contributed by atoms with Gasteiger partial charge in [-0.15, -0.1) is 0 Å². The van der Waals surface area contributed by atoms with Gasteiger partial charge in [-0.05, 0) is 30.9 Å². The van der Waals surface area contributed by atoms with Crippen molar-refractivity contribution < 1.29 is 19.0 Å². The lowest BCUT2D eigenvalue weighted by atomic mass is 9.89. The van der Waals surface area contributed by atoms with Crippen LogP contribution in [0.1, 0.15) is 57.4 Å². The number of carbonyl (C=O) groups excluding carboxylic acids is 1. The van der Waals surface area contributed by atoms with E-state index in [1.54, 1.807) is 7.11 Å². The minimum atomic E-state index is -0.183. The Morgan fingerprint density at radius 1 is 1.18 bits per heavy atom. The highest BCUT2D eigenvalue weighted by Gasteiger charge is 2.20. The predicted octanol–water partition coefficient (Wildman–Crippen LogP) is 4.32. The van der Waals surface area contributed by atoms with Gasteiger partial charge in [0, 0.05) is 6.07 Å². The highest BCUT2D eigenvalue weighted by atomic mass is 16.5. The highest BCUT2D eigenvalue weighted by Crippen LogP contribution is 2.35. The SMILES string of the molecule is CCCCCC(CC(=O)OC)c1ccc(OCC)cc1OC. The van der Waals surface area contributed by atoms with E-state index < -0.39 is 0 Å². The molecule has 0 bridgehead atoms. The Balaban J connectivity index is 2.97. The Morgan fingerprint density at radius 2 is 1.95 bits per heavy atom. The maximum atomic E-state index is 11.7. The normalized spacial score (nSPS) is 11.8. The number of methoxy groups -OCH3 is 2. The number of hydrogen-bond donors (Lipinski definition) is 0. The molecule has 0 saturated carbocycles. The van der Waals surface area contributed by atoms with Crippen molar-refractivity contribution in [1.29, 1.82) is 0 Å². The summed E-state index contributed by atoms with van der Waals surface area (Å²) in [6.07, 6.45) is 4.74. The standard InChI is InChI=1S/C18H28O4/c1-5-7-8-9-14(12-18(19)21-4)16-11-10-15(22-6-2)13-17(16)20-3/h10-11,13-14H,5-9,12H2,1-4H3. The quantitative estimate of drug-likeness (QED) is 0.477. The second kappa shape index (κ2) is 10.1. The number of carbonyl (C=O) groups is 1. The van der Waals surface area contributed by atoms with Crippen molar-refractivity contribution in [2.24, 2.45) is 0 Å². The maximum Gasteiger partial charge on any atom is 0.306 e. The molecule has 0 radical (unpaired) electrons. The molecular weight excluding hydrogens is 280 g/mol. The summed E-state index contributed by atoms with van der Waals surface area (Å²) in [6, 6.07) is 5.83. The third-order valence-electron chi connectivity index (χ3n) is 3.75. The molecule has 0 aromatic heterocycles. The molecule has 0 fully saturated rings. The van der Waals surface area contributed by atoms with Gasteiger partial charge in [-0.25, -0.2) is 0 Å². The third kappa shape index (κ3) is 5.58. The number of ether oxygens (including phenoxy) is 3. The van der Waals surface area contributed by atoms with E-state index in [9.17, 15) is 4.79 Å². The molecule has 0 amide bonds. The molecule has 0 aliphatic rings. The summed E-state index contributed by atoms with van der Waals surface area (Å²) in [5.41, 5.74) is 1.05. The van der Waals surface area contributed by atoms with Gasteiger partial charge in [-0.1, -0.05) is 32.3 Å². The van der Waals surface area contributed by atoms with E-state index >= 15 is 0 Å². The Labute approximate surface area is 133 Å². The second-order valence-electron chi connectivity index (χ2n) is 5.31. The van der Waals surface area contributed by atoms with Crippen LogP contribution in [0.15, 0.2) is 18.2 Å². The highest BCUT2D eigenvalue weighted by molar-refractivity contribution is 5.70. The van der Waals surface area contributed by atoms with Crippen LogP contribution in [0.5, 0.6) is 11.5 Å². The molecule has 0 spiro atoms. The number of hydrogen-bond acceptors (Lipinski definition) is 4. The average Bonchev–Trinajstić information content (AvgIpc) is 2.54. The minimum Gasteiger partial charge on any atom is -0.496 e. The molecule has 1 aromatic rings. The van der Waals surface area contributed by atoms with Crippen molar-refractivity contribution in [3.8, 4) is 11.5 Å². The first-order valence-electron chi connectivity index (χ1n) is 8.03. The molecule has 0 saturated heterocycles. The molecule has 0 N–H and O–H groups in total. The lowest BCUT2D eigenvalue weighted by molar-refractivity contribution is -0.141. The second-order valence-corrected chi connectivity index (χ2v) is 5.31.